The molecule has 37 heavy (non-hydrogen) atoms. The first-order valence-corrected chi connectivity index (χ1v) is 11.6. The number of thiazole rings is 1. The van der Waals surface area contributed by atoms with Crippen LogP contribution in [0.3, 0.4) is 0 Å². The van der Waals surface area contributed by atoms with Gasteiger partial charge in [-0.3, -0.25) is 0 Å². The molecule has 0 aliphatic rings. The second-order valence-electron chi connectivity index (χ2n) is 7.86. The number of allylic oxidation sites excluding steroid dienone is 2. The standard InChI is InChI=1S/C28H14N6O2S/c1-34-23-11-20(25-6-7-27(36-25)28-33-16-22(37-28)9-18(14-31)15-32)3-2-19(23)10-24(34)26-5-4-21(35-26)8-17(12-29)13-30/h2-11,16H,1H3. The highest BCUT2D eigenvalue weighted by molar-refractivity contribution is 7.15. The summed E-state index contributed by atoms with van der Waals surface area (Å²) in [6.45, 7) is 0. The molecule has 1 aromatic carbocycles. The predicted octanol–water partition coefficient (Wildman–Crippen LogP) is 6.68. The van der Waals surface area contributed by atoms with Gasteiger partial charge in [0.05, 0.1) is 5.69 Å². The van der Waals surface area contributed by atoms with E-state index < -0.39 is 0 Å². The Kier molecular flexibility index (Phi) is 5.98. The molecule has 5 rings (SSSR count). The second-order valence-corrected chi connectivity index (χ2v) is 8.92. The molecule has 0 saturated carbocycles. The Hall–Kier alpha value is -5.61. The van der Waals surface area contributed by atoms with Gasteiger partial charge in [0.2, 0.25) is 0 Å². The van der Waals surface area contributed by atoms with Crippen molar-refractivity contribution in [1.82, 2.24) is 9.55 Å². The molecular weight excluding hydrogens is 484 g/mol. The van der Waals surface area contributed by atoms with E-state index in [0.717, 1.165) is 22.2 Å². The van der Waals surface area contributed by atoms with Crippen LogP contribution in [0.25, 0.3) is 56.6 Å². The molecule has 0 aliphatic heterocycles. The van der Waals surface area contributed by atoms with Crippen molar-refractivity contribution >= 4 is 34.4 Å². The zero-order valence-electron chi connectivity index (χ0n) is 19.3. The van der Waals surface area contributed by atoms with Gasteiger partial charge in [0.1, 0.15) is 46.9 Å². The largest absolute Gasteiger partial charge is 0.455 e. The minimum atomic E-state index is -0.0278. The summed E-state index contributed by atoms with van der Waals surface area (Å²) in [6, 6.07) is 22.6. The minimum absolute atomic E-state index is 0.0156. The quantitative estimate of drug-likeness (QED) is 0.246. The fraction of sp³-hybridized carbons (Fsp3) is 0.0357. The van der Waals surface area contributed by atoms with Crippen LogP contribution in [0.5, 0.6) is 0 Å². The van der Waals surface area contributed by atoms with Gasteiger partial charge in [-0.05, 0) is 42.5 Å². The van der Waals surface area contributed by atoms with Crippen molar-refractivity contribution in [2.75, 3.05) is 0 Å². The zero-order valence-corrected chi connectivity index (χ0v) is 20.1. The van der Waals surface area contributed by atoms with Crippen molar-refractivity contribution in [3.63, 3.8) is 0 Å². The Morgan fingerprint density at radius 3 is 2.30 bits per heavy atom. The summed E-state index contributed by atoms with van der Waals surface area (Å²) in [5.74, 6) is 2.31. The molecule has 0 radical (unpaired) electrons. The number of furan rings is 2. The van der Waals surface area contributed by atoms with Gasteiger partial charge in [-0.15, -0.1) is 11.3 Å². The summed E-state index contributed by atoms with van der Waals surface area (Å²) in [4.78, 5) is 5.05. The lowest BCUT2D eigenvalue weighted by Gasteiger charge is -2.03. The smallest absolute Gasteiger partial charge is 0.163 e. The monoisotopic (exact) mass is 498 g/mol. The predicted molar refractivity (Wildman–Crippen MR) is 138 cm³/mol. The maximum absolute atomic E-state index is 8.97. The number of nitrogens with zero attached hydrogens (tertiary/aromatic N) is 6. The summed E-state index contributed by atoms with van der Waals surface area (Å²) < 4.78 is 13.9. The van der Waals surface area contributed by atoms with Crippen LogP contribution in [0.1, 0.15) is 10.6 Å². The van der Waals surface area contributed by atoms with Crippen LogP contribution in [0.4, 0.5) is 0 Å². The highest BCUT2D eigenvalue weighted by Gasteiger charge is 2.15. The Balaban J connectivity index is 1.45. The van der Waals surface area contributed by atoms with Gasteiger partial charge >= 0.3 is 0 Å². The number of benzene rings is 1. The molecular formula is C28H14N6O2S. The van der Waals surface area contributed by atoms with E-state index >= 15 is 0 Å². The van der Waals surface area contributed by atoms with Crippen LogP contribution in [0.15, 0.2) is 74.7 Å². The summed E-state index contributed by atoms with van der Waals surface area (Å²) in [6.07, 6.45) is 4.51. The SMILES string of the molecule is Cn1c(-c2ccc(C=C(C#N)C#N)o2)cc2ccc(-c3ccc(-c4ncc(C=C(C#N)C#N)s4)o3)cc21. The van der Waals surface area contributed by atoms with Gasteiger partial charge in [0.25, 0.3) is 0 Å². The molecule has 0 spiro atoms. The van der Waals surface area contributed by atoms with E-state index in [9.17, 15) is 0 Å². The van der Waals surface area contributed by atoms with Gasteiger partial charge in [0, 0.05) is 40.7 Å². The van der Waals surface area contributed by atoms with Crippen LogP contribution in [0.2, 0.25) is 0 Å². The summed E-state index contributed by atoms with van der Waals surface area (Å²) >= 11 is 1.33. The molecule has 0 aliphatic carbocycles. The first kappa shape index (κ1) is 23.1. The molecule has 8 nitrogen and oxygen atoms in total. The second kappa shape index (κ2) is 9.56. The molecule has 0 fully saturated rings. The molecule has 0 unspecified atom stereocenters. The van der Waals surface area contributed by atoms with Crippen molar-refractivity contribution in [2.24, 2.45) is 7.05 Å². The highest BCUT2D eigenvalue weighted by atomic mass is 32.1. The van der Waals surface area contributed by atoms with E-state index in [1.54, 1.807) is 18.3 Å². The molecule has 0 saturated heterocycles. The molecule has 174 valence electrons. The van der Waals surface area contributed by atoms with E-state index in [2.05, 4.69) is 4.98 Å². The third-order valence-corrected chi connectivity index (χ3v) is 6.56. The Bertz CT molecular complexity index is 1870. The number of hydrogen-bond acceptors (Lipinski definition) is 8. The van der Waals surface area contributed by atoms with Crippen molar-refractivity contribution in [3.8, 4) is 57.8 Å². The maximum atomic E-state index is 8.97. The molecule has 0 atom stereocenters. The molecule has 4 heterocycles. The first-order chi connectivity index (χ1) is 18.0. The number of fused-ring (bicyclic) bond motifs is 1. The maximum Gasteiger partial charge on any atom is 0.163 e. The Labute approximate surface area is 215 Å². The van der Waals surface area contributed by atoms with E-state index in [1.807, 2.05) is 72.3 Å². The lowest BCUT2D eigenvalue weighted by molar-refractivity contribution is 0.567. The highest BCUT2D eigenvalue weighted by Crippen LogP contribution is 2.35. The minimum Gasteiger partial charge on any atom is -0.455 e. The fourth-order valence-corrected chi connectivity index (χ4v) is 4.65. The Morgan fingerprint density at radius 2 is 1.54 bits per heavy atom. The van der Waals surface area contributed by atoms with Crippen LogP contribution >= 0.6 is 11.3 Å². The average Bonchev–Trinajstić information content (AvgIpc) is 3.72. The van der Waals surface area contributed by atoms with Crippen molar-refractivity contribution in [3.05, 3.63) is 76.5 Å². The number of nitriles is 4. The molecule has 9 heteroatoms. The topological polar surface area (TPSA) is 139 Å². The summed E-state index contributed by atoms with van der Waals surface area (Å²) in [5, 5.41) is 37.5. The van der Waals surface area contributed by atoms with Gasteiger partial charge in [-0.1, -0.05) is 12.1 Å². The Morgan fingerprint density at radius 1 is 0.838 bits per heavy atom. The van der Waals surface area contributed by atoms with E-state index in [-0.39, 0.29) is 11.1 Å². The van der Waals surface area contributed by atoms with E-state index in [0.29, 0.717) is 32.9 Å². The van der Waals surface area contributed by atoms with E-state index in [1.165, 1.54) is 23.5 Å². The van der Waals surface area contributed by atoms with Crippen LogP contribution < -0.4 is 0 Å². The third kappa shape index (κ3) is 4.43. The van der Waals surface area contributed by atoms with Gasteiger partial charge < -0.3 is 13.4 Å². The van der Waals surface area contributed by atoms with Crippen LogP contribution in [0, 0.1) is 45.3 Å². The number of rotatable bonds is 5. The fourth-order valence-electron chi connectivity index (χ4n) is 3.83. The summed E-state index contributed by atoms with van der Waals surface area (Å²) in [5.41, 5.74) is 2.69. The number of aromatic nitrogens is 2. The number of aryl methyl sites for hydroxylation is 1. The van der Waals surface area contributed by atoms with Crippen LogP contribution in [-0.4, -0.2) is 9.55 Å². The van der Waals surface area contributed by atoms with Crippen molar-refractivity contribution in [1.29, 1.82) is 21.0 Å². The zero-order chi connectivity index (χ0) is 25.9. The van der Waals surface area contributed by atoms with Gasteiger partial charge in [-0.2, -0.15) is 21.0 Å². The molecule has 5 aromatic rings. The molecule has 4 aromatic heterocycles. The lowest BCUT2D eigenvalue weighted by Crippen LogP contribution is -1.90. The molecule has 0 N–H and O–H groups in total. The normalized spacial score (nSPS) is 10.2. The first-order valence-electron chi connectivity index (χ1n) is 10.8. The van der Waals surface area contributed by atoms with Gasteiger partial charge in [-0.25, -0.2) is 4.98 Å². The van der Waals surface area contributed by atoms with E-state index in [4.69, 9.17) is 29.9 Å². The van der Waals surface area contributed by atoms with Crippen LogP contribution in [-0.2, 0) is 7.05 Å². The van der Waals surface area contributed by atoms with Crippen molar-refractivity contribution in [2.45, 2.75) is 0 Å². The van der Waals surface area contributed by atoms with Crippen molar-refractivity contribution < 1.29 is 8.83 Å². The number of hydrogen-bond donors (Lipinski definition) is 0. The third-order valence-electron chi connectivity index (χ3n) is 5.60. The van der Waals surface area contributed by atoms with Gasteiger partial charge in [0.15, 0.2) is 16.5 Å². The molecule has 0 bridgehead atoms. The summed E-state index contributed by atoms with van der Waals surface area (Å²) in [7, 11) is 1.93. The molecule has 0 amide bonds. The lowest BCUT2D eigenvalue weighted by atomic mass is 10.1. The average molecular weight is 499 g/mol.